The Labute approximate surface area is 158 Å². The van der Waals surface area contributed by atoms with Gasteiger partial charge in [0.05, 0.1) is 5.56 Å². The molecule has 2 N–H and O–H groups in total. The summed E-state index contributed by atoms with van der Waals surface area (Å²) in [5, 5.41) is 22.6. The minimum atomic E-state index is -0.371. The monoisotopic (exact) mass is 384 g/mol. The molecule has 0 spiro atoms. The second-order valence-corrected chi connectivity index (χ2v) is 6.72. The number of hydrogen-bond acceptors (Lipinski definition) is 7. The van der Waals surface area contributed by atoms with E-state index in [1.165, 1.54) is 22.3 Å². The number of fused-ring (bicyclic) bond motifs is 1. The molecule has 10 heteroatoms. The fraction of sp³-hybridized carbons (Fsp3) is 0.235. The third kappa shape index (κ3) is 3.28. The van der Waals surface area contributed by atoms with E-state index in [1.807, 2.05) is 17.6 Å². The average molecular weight is 384 g/mol. The normalized spacial score (nSPS) is 11.4. The summed E-state index contributed by atoms with van der Waals surface area (Å²) in [7, 11) is 0. The summed E-state index contributed by atoms with van der Waals surface area (Å²) in [5.41, 5.74) is 6.52. The van der Waals surface area contributed by atoms with Crippen molar-refractivity contribution >= 4 is 17.4 Å². The zero-order valence-corrected chi connectivity index (χ0v) is 15.4. The van der Waals surface area contributed by atoms with Crippen molar-refractivity contribution in [3.05, 3.63) is 48.0 Å². The van der Waals surface area contributed by atoms with Gasteiger partial charge in [-0.25, -0.2) is 4.39 Å². The first-order valence-electron chi connectivity index (χ1n) is 8.48. The summed E-state index contributed by atoms with van der Waals surface area (Å²) in [5.74, 6) is 0.829. The first kappa shape index (κ1) is 17.6. The van der Waals surface area contributed by atoms with Crippen LogP contribution in [0, 0.1) is 5.82 Å². The third-order valence-corrected chi connectivity index (χ3v) is 4.94. The lowest BCUT2D eigenvalue weighted by molar-refractivity contribution is 0.628. The lowest BCUT2D eigenvalue weighted by Crippen LogP contribution is -2.10. The Kier molecular flexibility index (Phi) is 4.82. The standard InChI is InChI=1S/C17H17FN8S/c1-2-25-13(9-10-19)20-23-17(25)27-15-8-7-14-21-22-16(26(14)24-15)11-5-3-4-6-12(11)18/h3-8H,2,9-10,19H2,1H3. The van der Waals surface area contributed by atoms with Crippen molar-refractivity contribution in [1.82, 2.24) is 34.6 Å². The van der Waals surface area contributed by atoms with Crippen LogP contribution in [0.25, 0.3) is 17.0 Å². The highest BCUT2D eigenvalue weighted by molar-refractivity contribution is 7.99. The molecule has 4 aromatic rings. The van der Waals surface area contributed by atoms with Gasteiger partial charge in [-0.2, -0.15) is 9.61 Å². The Morgan fingerprint density at radius 3 is 2.70 bits per heavy atom. The molecule has 0 aliphatic heterocycles. The van der Waals surface area contributed by atoms with Crippen LogP contribution < -0.4 is 5.73 Å². The van der Waals surface area contributed by atoms with Crippen molar-refractivity contribution in [2.45, 2.75) is 30.1 Å². The molecule has 0 amide bonds. The summed E-state index contributed by atoms with van der Waals surface area (Å²) in [6.07, 6.45) is 0.663. The van der Waals surface area contributed by atoms with Crippen LogP contribution >= 0.6 is 11.8 Å². The van der Waals surface area contributed by atoms with E-state index in [0.717, 1.165) is 17.5 Å². The predicted octanol–water partition coefficient (Wildman–Crippen LogP) is 2.19. The number of aromatic nitrogens is 7. The van der Waals surface area contributed by atoms with Crippen LogP contribution in [0.1, 0.15) is 12.7 Å². The Balaban J connectivity index is 1.72. The molecule has 0 atom stereocenters. The van der Waals surface area contributed by atoms with E-state index in [0.29, 0.717) is 35.0 Å². The first-order valence-corrected chi connectivity index (χ1v) is 9.30. The molecule has 4 rings (SSSR count). The first-order chi connectivity index (χ1) is 13.2. The lowest BCUT2D eigenvalue weighted by atomic mass is 10.2. The molecule has 0 saturated carbocycles. The van der Waals surface area contributed by atoms with Crippen molar-refractivity contribution in [2.75, 3.05) is 6.54 Å². The number of hydrogen-bond donors (Lipinski definition) is 1. The van der Waals surface area contributed by atoms with Gasteiger partial charge < -0.3 is 10.3 Å². The number of halogens is 1. The van der Waals surface area contributed by atoms with Crippen molar-refractivity contribution in [3.63, 3.8) is 0 Å². The molecule has 0 bridgehead atoms. The van der Waals surface area contributed by atoms with Gasteiger partial charge in [-0.15, -0.1) is 20.4 Å². The Morgan fingerprint density at radius 2 is 1.93 bits per heavy atom. The topological polar surface area (TPSA) is 99.8 Å². The summed E-state index contributed by atoms with van der Waals surface area (Å²) < 4.78 is 17.7. The minimum absolute atomic E-state index is 0.349. The van der Waals surface area contributed by atoms with Crippen molar-refractivity contribution < 1.29 is 4.39 Å². The van der Waals surface area contributed by atoms with Gasteiger partial charge in [0.25, 0.3) is 0 Å². The number of rotatable bonds is 6. The van der Waals surface area contributed by atoms with Crippen LogP contribution in [0.5, 0.6) is 0 Å². The number of nitrogens with two attached hydrogens (primary N) is 1. The molecule has 0 saturated heterocycles. The van der Waals surface area contributed by atoms with Crippen LogP contribution in [0.15, 0.2) is 46.6 Å². The maximum absolute atomic E-state index is 14.2. The van der Waals surface area contributed by atoms with Crippen molar-refractivity contribution in [1.29, 1.82) is 0 Å². The highest BCUT2D eigenvalue weighted by Gasteiger charge is 2.16. The zero-order chi connectivity index (χ0) is 18.8. The maximum atomic E-state index is 14.2. The van der Waals surface area contributed by atoms with Gasteiger partial charge in [0, 0.05) is 13.0 Å². The van der Waals surface area contributed by atoms with E-state index >= 15 is 0 Å². The Morgan fingerprint density at radius 1 is 1.07 bits per heavy atom. The molecule has 8 nitrogen and oxygen atoms in total. The quantitative estimate of drug-likeness (QED) is 0.544. The summed E-state index contributed by atoms with van der Waals surface area (Å²) in [6, 6.07) is 10.0. The molecule has 0 radical (unpaired) electrons. The summed E-state index contributed by atoms with van der Waals surface area (Å²) in [6.45, 7) is 3.28. The predicted molar refractivity (Wildman–Crippen MR) is 98.8 cm³/mol. The van der Waals surface area contributed by atoms with Crippen LogP contribution in [0.3, 0.4) is 0 Å². The SMILES string of the molecule is CCn1c(CCN)nnc1Sc1ccc2nnc(-c3ccccc3F)n2n1. The molecule has 1 aromatic carbocycles. The number of nitrogens with zero attached hydrogens (tertiary/aromatic N) is 7. The average Bonchev–Trinajstić information content (AvgIpc) is 3.26. The van der Waals surface area contributed by atoms with Crippen LogP contribution in [-0.4, -0.2) is 41.1 Å². The molecule has 27 heavy (non-hydrogen) atoms. The van der Waals surface area contributed by atoms with Gasteiger partial charge in [-0.1, -0.05) is 12.1 Å². The van der Waals surface area contributed by atoms with E-state index in [2.05, 4.69) is 25.5 Å². The largest absolute Gasteiger partial charge is 0.330 e. The van der Waals surface area contributed by atoms with E-state index in [-0.39, 0.29) is 5.82 Å². The van der Waals surface area contributed by atoms with Gasteiger partial charge >= 0.3 is 0 Å². The fourth-order valence-electron chi connectivity index (χ4n) is 2.76. The van der Waals surface area contributed by atoms with E-state index in [9.17, 15) is 4.39 Å². The fourth-order valence-corrected chi connectivity index (χ4v) is 3.63. The van der Waals surface area contributed by atoms with Gasteiger partial charge in [0.1, 0.15) is 16.7 Å². The maximum Gasteiger partial charge on any atom is 0.197 e. The highest BCUT2D eigenvalue weighted by Crippen LogP contribution is 2.27. The molecular formula is C17H17FN8S. The van der Waals surface area contributed by atoms with Gasteiger partial charge in [-0.05, 0) is 49.5 Å². The van der Waals surface area contributed by atoms with Crippen LogP contribution in [0.2, 0.25) is 0 Å². The van der Waals surface area contributed by atoms with Crippen LogP contribution in [-0.2, 0) is 13.0 Å². The van der Waals surface area contributed by atoms with E-state index in [1.54, 1.807) is 24.3 Å². The Hall–Kier alpha value is -2.85. The summed E-state index contributed by atoms with van der Waals surface area (Å²) >= 11 is 1.38. The second kappa shape index (κ2) is 7.41. The van der Waals surface area contributed by atoms with Gasteiger partial charge in [-0.3, -0.25) is 0 Å². The molecule has 3 aromatic heterocycles. The number of benzene rings is 1. The second-order valence-electron chi connectivity index (χ2n) is 5.73. The molecule has 3 heterocycles. The van der Waals surface area contributed by atoms with Crippen molar-refractivity contribution in [2.24, 2.45) is 5.73 Å². The molecular weight excluding hydrogens is 367 g/mol. The molecule has 138 valence electrons. The molecule has 0 aliphatic carbocycles. The smallest absolute Gasteiger partial charge is 0.197 e. The van der Waals surface area contributed by atoms with Crippen LogP contribution in [0.4, 0.5) is 4.39 Å². The third-order valence-electron chi connectivity index (χ3n) is 4.03. The minimum Gasteiger partial charge on any atom is -0.330 e. The van der Waals surface area contributed by atoms with Gasteiger partial charge in [0.2, 0.25) is 0 Å². The van der Waals surface area contributed by atoms with E-state index < -0.39 is 0 Å². The van der Waals surface area contributed by atoms with Crippen molar-refractivity contribution in [3.8, 4) is 11.4 Å². The lowest BCUT2D eigenvalue weighted by Gasteiger charge is -2.06. The zero-order valence-electron chi connectivity index (χ0n) is 14.6. The molecule has 0 aliphatic rings. The highest BCUT2D eigenvalue weighted by atomic mass is 32.2. The summed E-state index contributed by atoms with van der Waals surface area (Å²) in [4.78, 5) is 0. The molecule has 0 unspecified atom stereocenters. The Bertz CT molecular complexity index is 1090. The van der Waals surface area contributed by atoms with Gasteiger partial charge in [0.15, 0.2) is 16.6 Å². The molecule has 0 fully saturated rings. The van der Waals surface area contributed by atoms with E-state index in [4.69, 9.17) is 5.73 Å².